The average Bonchev–Trinajstić information content (AvgIpc) is 3.13. The summed E-state index contributed by atoms with van der Waals surface area (Å²) in [5.74, 6) is 0. The molecule has 3 nitrogen and oxygen atoms in total. The van der Waals surface area contributed by atoms with E-state index < -0.39 is 0 Å². The molecular formula is C16H13N3S2. The number of aromatic amines is 1. The number of benzene rings is 1. The van der Waals surface area contributed by atoms with Crippen molar-refractivity contribution in [3.63, 3.8) is 0 Å². The molecule has 0 aliphatic heterocycles. The lowest BCUT2D eigenvalue weighted by Crippen LogP contribution is -2.05. The van der Waals surface area contributed by atoms with E-state index in [9.17, 15) is 0 Å². The summed E-state index contributed by atoms with van der Waals surface area (Å²) in [5.41, 5.74) is 3.11. The maximum absolute atomic E-state index is 5.55. The summed E-state index contributed by atoms with van der Waals surface area (Å²) in [7, 11) is 0. The van der Waals surface area contributed by atoms with Gasteiger partial charge in [0.05, 0.1) is 28.8 Å². The first-order valence-corrected chi connectivity index (χ1v) is 8.06. The molecule has 0 spiro atoms. The summed E-state index contributed by atoms with van der Waals surface area (Å²) >= 11 is 7.31. The Kier molecular flexibility index (Phi) is 2.90. The van der Waals surface area contributed by atoms with Crippen LogP contribution in [0.5, 0.6) is 0 Å². The SMILES string of the molecule is CC(c1cccs1)n1c(=S)[nH]c2cnc3ccccc3c21. The fraction of sp³-hybridized carbons (Fsp3) is 0.125. The molecule has 5 heteroatoms. The van der Waals surface area contributed by atoms with Crippen LogP contribution in [0.1, 0.15) is 17.8 Å². The van der Waals surface area contributed by atoms with Gasteiger partial charge >= 0.3 is 0 Å². The third-order valence-electron chi connectivity index (χ3n) is 3.79. The van der Waals surface area contributed by atoms with Crippen molar-refractivity contribution in [3.05, 3.63) is 57.6 Å². The number of hydrogen-bond acceptors (Lipinski definition) is 3. The van der Waals surface area contributed by atoms with Crippen LogP contribution in [0, 0.1) is 4.77 Å². The van der Waals surface area contributed by atoms with Crippen molar-refractivity contribution in [3.8, 4) is 0 Å². The number of imidazole rings is 1. The molecule has 1 unspecified atom stereocenters. The third-order valence-corrected chi connectivity index (χ3v) is 5.13. The zero-order valence-electron chi connectivity index (χ0n) is 11.4. The lowest BCUT2D eigenvalue weighted by Gasteiger charge is -2.14. The molecule has 0 bridgehead atoms. The molecule has 3 heterocycles. The Labute approximate surface area is 130 Å². The van der Waals surface area contributed by atoms with Gasteiger partial charge in [-0.25, -0.2) is 0 Å². The number of hydrogen-bond donors (Lipinski definition) is 1. The highest BCUT2D eigenvalue weighted by Gasteiger charge is 2.16. The first-order chi connectivity index (χ1) is 10.3. The maximum atomic E-state index is 5.55. The number of pyridine rings is 1. The van der Waals surface area contributed by atoms with Crippen molar-refractivity contribution in [2.75, 3.05) is 0 Å². The summed E-state index contributed by atoms with van der Waals surface area (Å²) in [6.45, 7) is 2.18. The number of thiophene rings is 1. The summed E-state index contributed by atoms with van der Waals surface area (Å²) in [6.07, 6.45) is 1.87. The smallest absolute Gasteiger partial charge is 0.178 e. The molecule has 0 aliphatic rings. The van der Waals surface area contributed by atoms with Crippen LogP contribution in [0.3, 0.4) is 0 Å². The highest BCUT2D eigenvalue weighted by Crippen LogP contribution is 2.30. The molecule has 1 atom stereocenters. The topological polar surface area (TPSA) is 33.6 Å². The molecule has 0 saturated heterocycles. The minimum absolute atomic E-state index is 0.206. The van der Waals surface area contributed by atoms with Gasteiger partial charge in [0.15, 0.2) is 4.77 Å². The summed E-state index contributed by atoms with van der Waals surface area (Å²) in [6, 6.07) is 12.6. The standard InChI is InChI=1S/C16H13N3S2/c1-10(14-7-4-8-21-14)19-15-11-5-2-3-6-12(11)17-9-13(15)18-16(19)20/h2-10H,1H3,(H,18,20). The Bertz CT molecular complexity index is 980. The first-order valence-electron chi connectivity index (χ1n) is 6.77. The van der Waals surface area contributed by atoms with Crippen LogP contribution in [-0.2, 0) is 0 Å². The van der Waals surface area contributed by atoms with E-state index in [1.54, 1.807) is 11.3 Å². The zero-order valence-corrected chi connectivity index (χ0v) is 13.0. The van der Waals surface area contributed by atoms with Crippen LogP contribution in [-0.4, -0.2) is 14.5 Å². The second-order valence-corrected chi connectivity index (χ2v) is 6.40. The molecule has 4 aromatic rings. The summed E-state index contributed by atoms with van der Waals surface area (Å²) < 4.78 is 2.93. The summed E-state index contributed by atoms with van der Waals surface area (Å²) in [4.78, 5) is 9.08. The predicted molar refractivity (Wildman–Crippen MR) is 90.6 cm³/mol. The molecule has 0 fully saturated rings. The molecule has 1 N–H and O–H groups in total. The molecular weight excluding hydrogens is 298 g/mol. The van der Waals surface area contributed by atoms with Crippen LogP contribution in [0.2, 0.25) is 0 Å². The Morgan fingerprint density at radius 2 is 2.10 bits per heavy atom. The van der Waals surface area contributed by atoms with Crippen LogP contribution in [0.15, 0.2) is 48.0 Å². The number of nitrogens with one attached hydrogen (secondary N) is 1. The van der Waals surface area contributed by atoms with Crippen molar-refractivity contribution >= 4 is 45.5 Å². The van der Waals surface area contributed by atoms with E-state index in [4.69, 9.17) is 12.2 Å². The quantitative estimate of drug-likeness (QED) is 0.533. The highest BCUT2D eigenvalue weighted by atomic mass is 32.1. The highest BCUT2D eigenvalue weighted by molar-refractivity contribution is 7.71. The average molecular weight is 311 g/mol. The molecule has 0 radical (unpaired) electrons. The van der Waals surface area contributed by atoms with E-state index in [0.29, 0.717) is 0 Å². The predicted octanol–water partition coefficient (Wildman–Crippen LogP) is 4.92. The fourth-order valence-electron chi connectivity index (χ4n) is 2.78. The third kappa shape index (κ3) is 1.92. The fourth-order valence-corrected chi connectivity index (χ4v) is 3.91. The van der Waals surface area contributed by atoms with E-state index in [1.807, 2.05) is 24.4 Å². The number of H-pyrrole nitrogens is 1. The van der Waals surface area contributed by atoms with Crippen LogP contribution in [0.25, 0.3) is 21.9 Å². The molecule has 0 amide bonds. The largest absolute Gasteiger partial charge is 0.329 e. The van der Waals surface area contributed by atoms with Crippen molar-refractivity contribution in [2.24, 2.45) is 0 Å². The Morgan fingerprint density at radius 1 is 1.24 bits per heavy atom. The molecule has 4 rings (SSSR count). The Morgan fingerprint density at radius 3 is 2.90 bits per heavy atom. The molecule has 3 aromatic heterocycles. The summed E-state index contributed by atoms with van der Waals surface area (Å²) in [5, 5.41) is 3.23. The van der Waals surface area contributed by atoms with Crippen molar-refractivity contribution in [1.29, 1.82) is 0 Å². The lowest BCUT2D eigenvalue weighted by atomic mass is 10.2. The minimum Gasteiger partial charge on any atom is -0.329 e. The Hall–Kier alpha value is -1.98. The first kappa shape index (κ1) is 12.7. The Balaban J connectivity index is 2.10. The van der Waals surface area contributed by atoms with Crippen LogP contribution >= 0.6 is 23.6 Å². The molecule has 0 aliphatic carbocycles. The molecule has 1 aromatic carbocycles. The van der Waals surface area contributed by atoms with Crippen molar-refractivity contribution < 1.29 is 0 Å². The lowest BCUT2D eigenvalue weighted by molar-refractivity contribution is 0.662. The normalized spacial score (nSPS) is 13.0. The van der Waals surface area contributed by atoms with E-state index in [0.717, 1.165) is 26.7 Å². The van der Waals surface area contributed by atoms with E-state index in [-0.39, 0.29) is 6.04 Å². The second kappa shape index (κ2) is 4.79. The van der Waals surface area contributed by atoms with Crippen LogP contribution in [0.4, 0.5) is 0 Å². The van der Waals surface area contributed by atoms with Gasteiger partial charge in [0.25, 0.3) is 0 Å². The number of aromatic nitrogens is 3. The number of nitrogens with zero attached hydrogens (tertiary/aromatic N) is 2. The van der Waals surface area contributed by atoms with E-state index in [2.05, 4.69) is 45.0 Å². The van der Waals surface area contributed by atoms with Gasteiger partial charge in [0.1, 0.15) is 0 Å². The van der Waals surface area contributed by atoms with Gasteiger partial charge in [-0.1, -0.05) is 24.3 Å². The van der Waals surface area contributed by atoms with E-state index in [1.165, 1.54) is 4.88 Å². The molecule has 21 heavy (non-hydrogen) atoms. The van der Waals surface area contributed by atoms with Gasteiger partial charge in [0, 0.05) is 10.3 Å². The van der Waals surface area contributed by atoms with Gasteiger partial charge in [-0.05, 0) is 36.7 Å². The van der Waals surface area contributed by atoms with Crippen LogP contribution < -0.4 is 0 Å². The number of fused-ring (bicyclic) bond motifs is 3. The second-order valence-electron chi connectivity index (χ2n) is 5.03. The van der Waals surface area contributed by atoms with Gasteiger partial charge in [-0.3, -0.25) is 4.98 Å². The molecule has 0 saturated carbocycles. The molecule has 104 valence electrons. The van der Waals surface area contributed by atoms with E-state index >= 15 is 0 Å². The minimum atomic E-state index is 0.206. The van der Waals surface area contributed by atoms with Gasteiger partial charge in [0.2, 0.25) is 0 Å². The van der Waals surface area contributed by atoms with Gasteiger partial charge < -0.3 is 9.55 Å². The zero-order chi connectivity index (χ0) is 14.4. The number of para-hydroxylation sites is 1. The monoisotopic (exact) mass is 311 g/mol. The van der Waals surface area contributed by atoms with Gasteiger partial charge in [-0.2, -0.15) is 0 Å². The van der Waals surface area contributed by atoms with Crippen molar-refractivity contribution in [1.82, 2.24) is 14.5 Å². The number of rotatable bonds is 2. The maximum Gasteiger partial charge on any atom is 0.178 e. The van der Waals surface area contributed by atoms with Gasteiger partial charge in [-0.15, -0.1) is 11.3 Å². The van der Waals surface area contributed by atoms with Crippen molar-refractivity contribution in [2.45, 2.75) is 13.0 Å².